The van der Waals surface area contributed by atoms with Crippen LogP contribution >= 0.6 is 12.6 Å². The SMILES string of the molecule is C1CCCC1.CC1(C)CCCC(NC(=O)S)CC1. The Balaban J connectivity index is 0.000000269. The van der Waals surface area contributed by atoms with Crippen LogP contribution in [0.2, 0.25) is 0 Å². The van der Waals surface area contributed by atoms with Gasteiger partial charge in [-0.3, -0.25) is 4.79 Å². The van der Waals surface area contributed by atoms with Gasteiger partial charge in [0, 0.05) is 6.04 Å². The Kier molecular flexibility index (Phi) is 7.13. The second-order valence-corrected chi connectivity index (χ2v) is 6.92. The van der Waals surface area contributed by atoms with Gasteiger partial charge in [0.2, 0.25) is 0 Å². The van der Waals surface area contributed by atoms with E-state index in [1.807, 2.05) is 0 Å². The molecule has 3 heteroatoms. The van der Waals surface area contributed by atoms with Crippen LogP contribution in [0.3, 0.4) is 0 Å². The summed E-state index contributed by atoms with van der Waals surface area (Å²) >= 11 is 3.74. The Morgan fingerprint density at radius 1 is 1.00 bits per heavy atom. The molecule has 1 atom stereocenters. The molecule has 0 aromatic heterocycles. The van der Waals surface area contributed by atoms with Crippen molar-refractivity contribution in [1.82, 2.24) is 5.32 Å². The van der Waals surface area contributed by atoms with E-state index in [-0.39, 0.29) is 5.24 Å². The molecule has 106 valence electrons. The highest BCUT2D eigenvalue weighted by Gasteiger charge is 2.24. The van der Waals surface area contributed by atoms with Gasteiger partial charge in [0.15, 0.2) is 0 Å². The van der Waals surface area contributed by atoms with Gasteiger partial charge in [0.25, 0.3) is 5.24 Å². The van der Waals surface area contributed by atoms with Gasteiger partial charge in [-0.2, -0.15) is 0 Å². The van der Waals surface area contributed by atoms with Gasteiger partial charge in [-0.05, 0) is 31.1 Å². The van der Waals surface area contributed by atoms with E-state index in [1.165, 1.54) is 51.4 Å². The van der Waals surface area contributed by atoms with E-state index in [0.717, 1.165) is 12.8 Å². The molecule has 18 heavy (non-hydrogen) atoms. The predicted octanol–water partition coefficient (Wildman–Crippen LogP) is 4.94. The van der Waals surface area contributed by atoms with E-state index < -0.39 is 0 Å². The topological polar surface area (TPSA) is 29.1 Å². The van der Waals surface area contributed by atoms with Gasteiger partial charge >= 0.3 is 0 Å². The fourth-order valence-corrected chi connectivity index (χ4v) is 3.05. The maximum absolute atomic E-state index is 10.7. The van der Waals surface area contributed by atoms with Crippen molar-refractivity contribution in [3.63, 3.8) is 0 Å². The van der Waals surface area contributed by atoms with E-state index in [9.17, 15) is 4.79 Å². The largest absolute Gasteiger partial charge is 0.344 e. The van der Waals surface area contributed by atoms with Crippen molar-refractivity contribution in [2.24, 2.45) is 5.41 Å². The summed E-state index contributed by atoms with van der Waals surface area (Å²) in [6.07, 6.45) is 13.4. The van der Waals surface area contributed by atoms with Crippen LogP contribution in [0.1, 0.15) is 78.1 Å². The van der Waals surface area contributed by atoms with Crippen LogP contribution in [-0.2, 0) is 0 Å². The molecule has 2 rings (SSSR count). The van der Waals surface area contributed by atoms with Crippen molar-refractivity contribution in [3.05, 3.63) is 0 Å². The first-order valence-corrected chi connectivity index (χ1v) is 7.94. The number of carbonyl (C=O) groups is 1. The molecule has 2 fully saturated rings. The van der Waals surface area contributed by atoms with Gasteiger partial charge in [0.1, 0.15) is 0 Å². The minimum absolute atomic E-state index is 0.190. The standard InChI is InChI=1S/C10H19NOS.C5H10/c1-10(2)6-3-4-8(5-7-10)11-9(12)13;1-2-4-5-3-1/h8H,3-7H2,1-2H3,(H2,11,12,13);1-5H2. The smallest absolute Gasteiger partial charge is 0.276 e. The second kappa shape index (κ2) is 8.08. The average molecular weight is 271 g/mol. The van der Waals surface area contributed by atoms with Crippen LogP contribution in [0.25, 0.3) is 0 Å². The molecule has 0 spiro atoms. The highest BCUT2D eigenvalue weighted by atomic mass is 32.1. The molecule has 0 aromatic rings. The van der Waals surface area contributed by atoms with Crippen molar-refractivity contribution in [2.45, 2.75) is 84.1 Å². The van der Waals surface area contributed by atoms with E-state index in [4.69, 9.17) is 0 Å². The van der Waals surface area contributed by atoms with Crippen LogP contribution in [0.4, 0.5) is 4.79 Å². The summed E-state index contributed by atoms with van der Waals surface area (Å²) in [7, 11) is 0. The van der Waals surface area contributed by atoms with Gasteiger partial charge in [0.05, 0.1) is 0 Å². The van der Waals surface area contributed by atoms with Crippen LogP contribution < -0.4 is 5.32 Å². The quantitative estimate of drug-likeness (QED) is 0.513. The number of hydrogen-bond donors (Lipinski definition) is 2. The summed E-state index contributed by atoms with van der Waals surface area (Å²) in [4.78, 5) is 10.7. The summed E-state index contributed by atoms with van der Waals surface area (Å²) in [5.41, 5.74) is 0.454. The molecule has 0 aromatic carbocycles. The number of carbonyl (C=O) groups excluding carboxylic acids is 1. The zero-order valence-electron chi connectivity index (χ0n) is 12.0. The molecule has 2 nitrogen and oxygen atoms in total. The maximum Gasteiger partial charge on any atom is 0.276 e. The lowest BCUT2D eigenvalue weighted by atomic mass is 9.85. The molecule has 0 saturated heterocycles. The third-order valence-corrected chi connectivity index (χ3v) is 4.28. The Labute approximate surface area is 118 Å². The zero-order chi connectivity index (χ0) is 13.4. The van der Waals surface area contributed by atoms with Gasteiger partial charge in [-0.25, -0.2) is 0 Å². The van der Waals surface area contributed by atoms with Gasteiger partial charge in [-0.15, -0.1) is 0 Å². The third-order valence-electron chi connectivity index (χ3n) is 4.15. The maximum atomic E-state index is 10.7. The normalized spacial score (nSPS) is 26.7. The lowest BCUT2D eigenvalue weighted by Gasteiger charge is -2.21. The summed E-state index contributed by atoms with van der Waals surface area (Å²) < 4.78 is 0. The first-order valence-electron chi connectivity index (χ1n) is 7.49. The highest BCUT2D eigenvalue weighted by Crippen LogP contribution is 2.33. The molecule has 0 radical (unpaired) electrons. The fourth-order valence-electron chi connectivity index (χ4n) is 2.86. The Morgan fingerprint density at radius 3 is 2.06 bits per heavy atom. The molecular weight excluding hydrogens is 242 g/mol. The highest BCUT2D eigenvalue weighted by molar-refractivity contribution is 7.96. The van der Waals surface area contributed by atoms with E-state index in [1.54, 1.807) is 0 Å². The summed E-state index contributed by atoms with van der Waals surface area (Å²) in [5, 5.41) is 2.69. The minimum Gasteiger partial charge on any atom is -0.344 e. The molecule has 1 N–H and O–H groups in total. The van der Waals surface area contributed by atoms with Crippen LogP contribution in [-0.4, -0.2) is 11.3 Å². The van der Waals surface area contributed by atoms with Crippen LogP contribution in [0, 0.1) is 5.41 Å². The van der Waals surface area contributed by atoms with Crippen molar-refractivity contribution < 1.29 is 4.79 Å². The van der Waals surface area contributed by atoms with Gasteiger partial charge < -0.3 is 5.32 Å². The van der Waals surface area contributed by atoms with Crippen molar-refractivity contribution in [1.29, 1.82) is 0 Å². The number of hydrogen-bond acceptors (Lipinski definition) is 1. The van der Waals surface area contributed by atoms with Crippen LogP contribution in [0.5, 0.6) is 0 Å². The van der Waals surface area contributed by atoms with E-state index in [0.29, 0.717) is 11.5 Å². The zero-order valence-corrected chi connectivity index (χ0v) is 12.9. The number of nitrogens with one attached hydrogen (secondary N) is 1. The van der Waals surface area contributed by atoms with Crippen LogP contribution in [0.15, 0.2) is 0 Å². The lowest BCUT2D eigenvalue weighted by molar-refractivity contribution is 0.255. The van der Waals surface area contributed by atoms with E-state index in [2.05, 4.69) is 31.8 Å². The van der Waals surface area contributed by atoms with Gasteiger partial charge in [-0.1, -0.05) is 65.0 Å². The number of rotatable bonds is 1. The summed E-state index contributed by atoms with van der Waals surface area (Å²) in [6.45, 7) is 4.61. The molecule has 1 unspecified atom stereocenters. The molecule has 0 heterocycles. The predicted molar refractivity (Wildman–Crippen MR) is 81.3 cm³/mol. The molecule has 2 aliphatic rings. The number of thiol groups is 1. The van der Waals surface area contributed by atoms with Crippen molar-refractivity contribution >= 4 is 17.9 Å². The lowest BCUT2D eigenvalue weighted by Crippen LogP contribution is -2.30. The second-order valence-electron chi connectivity index (χ2n) is 6.51. The molecular formula is C15H29NOS. The van der Waals surface area contributed by atoms with Crippen molar-refractivity contribution in [2.75, 3.05) is 0 Å². The number of amides is 1. The first-order chi connectivity index (χ1) is 8.49. The molecule has 2 aliphatic carbocycles. The Bertz CT molecular complexity index is 241. The molecule has 0 bridgehead atoms. The van der Waals surface area contributed by atoms with Crippen molar-refractivity contribution in [3.8, 4) is 0 Å². The summed E-state index contributed by atoms with van der Waals surface area (Å²) in [6, 6.07) is 0.353. The minimum atomic E-state index is -0.190. The molecule has 1 amide bonds. The fraction of sp³-hybridized carbons (Fsp3) is 0.933. The Hall–Kier alpha value is -0.180. The average Bonchev–Trinajstić information content (AvgIpc) is 2.79. The molecule has 0 aliphatic heterocycles. The third kappa shape index (κ3) is 7.30. The Morgan fingerprint density at radius 2 is 1.56 bits per heavy atom. The van der Waals surface area contributed by atoms with E-state index >= 15 is 0 Å². The summed E-state index contributed by atoms with van der Waals surface area (Å²) in [5.74, 6) is 0. The first kappa shape index (κ1) is 15.9. The molecule has 2 saturated carbocycles. The monoisotopic (exact) mass is 271 g/mol.